The number of nitrogens with one attached hydrogen (secondary N) is 1. The van der Waals surface area contributed by atoms with Gasteiger partial charge in [-0.1, -0.05) is 29.3 Å². The highest BCUT2D eigenvalue weighted by molar-refractivity contribution is 6.39. The Morgan fingerprint density at radius 3 is 2.31 bits per heavy atom. The Labute approximate surface area is 101 Å². The Hall–Kier alpha value is -1.32. The monoisotopic (exact) mass is 257 g/mol. The molecule has 1 aromatic heterocycles. The van der Waals surface area contributed by atoms with Gasteiger partial charge in [-0.15, -0.1) is 0 Å². The predicted octanol–water partition coefficient (Wildman–Crippen LogP) is 3.49. The average Bonchev–Trinajstić information content (AvgIpc) is 2.15. The third kappa shape index (κ3) is 2.10. The third-order valence-electron chi connectivity index (χ3n) is 2.06. The lowest BCUT2D eigenvalue weighted by atomic mass is 10.1. The summed E-state index contributed by atoms with van der Waals surface area (Å²) in [5.41, 5.74) is 0.277. The second-order valence-corrected chi connectivity index (χ2v) is 3.99. The first kappa shape index (κ1) is 11.2. The highest BCUT2D eigenvalue weighted by Crippen LogP contribution is 2.33. The van der Waals surface area contributed by atoms with Crippen molar-refractivity contribution in [3.8, 4) is 11.1 Å². The van der Waals surface area contributed by atoms with E-state index in [1.165, 1.54) is 12.1 Å². The molecule has 0 saturated heterocycles. The summed E-state index contributed by atoms with van der Waals surface area (Å²) >= 11 is 11.9. The summed E-state index contributed by atoms with van der Waals surface area (Å²) < 4.78 is 13.0. The van der Waals surface area contributed by atoms with Crippen molar-refractivity contribution in [2.45, 2.75) is 0 Å². The average molecular weight is 258 g/mol. The number of halogens is 3. The largest absolute Gasteiger partial charge is 0.299 e. The molecule has 0 aliphatic carbocycles. The molecule has 5 heteroatoms. The number of aromatic nitrogens is 1. The van der Waals surface area contributed by atoms with Crippen LogP contribution in [0.5, 0.6) is 0 Å². The van der Waals surface area contributed by atoms with Gasteiger partial charge in [-0.25, -0.2) is 0 Å². The van der Waals surface area contributed by atoms with Crippen LogP contribution in [-0.4, -0.2) is 4.98 Å². The fraction of sp³-hybridized carbons (Fsp3) is 0. The van der Waals surface area contributed by atoms with Crippen LogP contribution in [0.4, 0.5) is 4.39 Å². The predicted molar refractivity (Wildman–Crippen MR) is 62.5 cm³/mol. The summed E-state index contributed by atoms with van der Waals surface area (Å²) in [6.07, 6.45) is 0. The number of hydrogen-bond donors (Lipinski definition) is 1. The maximum Gasteiger partial charge on any atom is 0.250 e. The molecule has 1 aromatic carbocycles. The van der Waals surface area contributed by atoms with Crippen LogP contribution in [0.1, 0.15) is 0 Å². The van der Waals surface area contributed by atoms with Crippen LogP contribution < -0.4 is 5.56 Å². The van der Waals surface area contributed by atoms with E-state index in [1.54, 1.807) is 18.2 Å². The minimum absolute atomic E-state index is 0.358. The second kappa shape index (κ2) is 4.28. The zero-order valence-electron chi connectivity index (χ0n) is 7.93. The van der Waals surface area contributed by atoms with Gasteiger partial charge in [-0.05, 0) is 23.8 Å². The molecule has 2 nitrogen and oxygen atoms in total. The van der Waals surface area contributed by atoms with Gasteiger partial charge in [0.1, 0.15) is 0 Å². The maximum absolute atomic E-state index is 13.0. The van der Waals surface area contributed by atoms with Crippen molar-refractivity contribution < 1.29 is 4.39 Å². The van der Waals surface area contributed by atoms with Crippen molar-refractivity contribution in [2.24, 2.45) is 0 Å². The highest BCUT2D eigenvalue weighted by atomic mass is 35.5. The van der Waals surface area contributed by atoms with Gasteiger partial charge in [0.15, 0.2) is 5.95 Å². The molecule has 0 aliphatic rings. The molecule has 0 bridgehead atoms. The van der Waals surface area contributed by atoms with Gasteiger partial charge in [0, 0.05) is 21.7 Å². The number of pyridine rings is 1. The molecule has 0 unspecified atom stereocenters. The number of H-pyrrole nitrogens is 1. The first-order valence-electron chi connectivity index (χ1n) is 4.42. The molecule has 0 spiro atoms. The maximum atomic E-state index is 13.0. The Morgan fingerprint density at radius 2 is 1.75 bits per heavy atom. The minimum atomic E-state index is -0.724. The molecule has 1 heterocycles. The van der Waals surface area contributed by atoms with E-state index in [-0.39, 0.29) is 0 Å². The van der Waals surface area contributed by atoms with E-state index in [2.05, 4.69) is 0 Å². The van der Waals surface area contributed by atoms with Crippen LogP contribution in [-0.2, 0) is 0 Å². The minimum Gasteiger partial charge on any atom is -0.299 e. The van der Waals surface area contributed by atoms with E-state index in [4.69, 9.17) is 23.2 Å². The first-order valence-corrected chi connectivity index (χ1v) is 5.18. The number of hydrogen-bond acceptors (Lipinski definition) is 1. The van der Waals surface area contributed by atoms with Crippen LogP contribution in [0.2, 0.25) is 10.0 Å². The summed E-state index contributed by atoms with van der Waals surface area (Å²) in [6, 6.07) is 7.35. The van der Waals surface area contributed by atoms with Gasteiger partial charge in [0.25, 0.3) is 5.56 Å². The van der Waals surface area contributed by atoms with Gasteiger partial charge in [0.2, 0.25) is 0 Å². The van der Waals surface area contributed by atoms with Crippen LogP contribution in [0.25, 0.3) is 11.1 Å². The van der Waals surface area contributed by atoms with E-state index >= 15 is 0 Å². The van der Waals surface area contributed by atoms with Gasteiger partial charge in [-0.3, -0.25) is 9.78 Å². The van der Waals surface area contributed by atoms with Crippen LogP contribution >= 0.6 is 23.2 Å². The smallest absolute Gasteiger partial charge is 0.250 e. The number of aromatic amines is 1. The lowest BCUT2D eigenvalue weighted by Gasteiger charge is -2.06. The molecular formula is C11H6Cl2FNO. The molecule has 0 aliphatic heterocycles. The molecule has 0 atom stereocenters. The standard InChI is InChI=1S/C11H6Cl2FNO/c12-7-2-1-3-8(13)11(7)6-4-9(14)15-10(16)5-6/h1-5H,(H,15,16). The van der Waals surface area contributed by atoms with Crippen LogP contribution in [0.3, 0.4) is 0 Å². The molecule has 0 saturated carbocycles. The van der Waals surface area contributed by atoms with E-state index in [0.29, 0.717) is 21.2 Å². The molecule has 0 amide bonds. The first-order chi connectivity index (χ1) is 7.58. The van der Waals surface area contributed by atoms with E-state index in [9.17, 15) is 9.18 Å². The zero-order valence-corrected chi connectivity index (χ0v) is 9.44. The Bertz CT molecular complexity index is 575. The van der Waals surface area contributed by atoms with Crippen molar-refractivity contribution in [1.82, 2.24) is 4.98 Å². The molecule has 0 radical (unpaired) electrons. The topological polar surface area (TPSA) is 32.9 Å². The van der Waals surface area contributed by atoms with Crippen molar-refractivity contribution >= 4 is 23.2 Å². The summed E-state index contributed by atoms with van der Waals surface area (Å²) in [7, 11) is 0. The second-order valence-electron chi connectivity index (χ2n) is 3.18. The molecule has 2 aromatic rings. The fourth-order valence-electron chi connectivity index (χ4n) is 1.43. The van der Waals surface area contributed by atoms with Gasteiger partial charge >= 0.3 is 0 Å². The summed E-state index contributed by atoms with van der Waals surface area (Å²) in [5, 5.41) is 0.745. The van der Waals surface area contributed by atoms with Gasteiger partial charge < -0.3 is 0 Å². The van der Waals surface area contributed by atoms with Gasteiger partial charge in [0.05, 0.1) is 0 Å². The van der Waals surface area contributed by atoms with Crippen molar-refractivity contribution in [1.29, 1.82) is 0 Å². The van der Waals surface area contributed by atoms with Crippen LogP contribution in [0, 0.1) is 5.95 Å². The molecule has 2 rings (SSSR count). The lowest BCUT2D eigenvalue weighted by molar-refractivity contribution is 0.580. The summed E-state index contributed by atoms with van der Waals surface area (Å²) in [5.74, 6) is -0.724. The summed E-state index contributed by atoms with van der Waals surface area (Å²) in [4.78, 5) is 13.1. The molecule has 0 fully saturated rings. The van der Waals surface area contributed by atoms with Crippen molar-refractivity contribution in [3.05, 3.63) is 56.7 Å². The Morgan fingerprint density at radius 1 is 1.12 bits per heavy atom. The Kier molecular flexibility index (Phi) is 2.99. The zero-order chi connectivity index (χ0) is 11.7. The third-order valence-corrected chi connectivity index (χ3v) is 2.69. The van der Waals surface area contributed by atoms with E-state index < -0.39 is 11.5 Å². The SMILES string of the molecule is O=c1cc(-c2c(Cl)cccc2Cl)cc(F)[nH]1. The molecule has 82 valence electrons. The fourth-order valence-corrected chi connectivity index (χ4v) is 2.04. The quantitative estimate of drug-likeness (QED) is 0.780. The van der Waals surface area contributed by atoms with E-state index in [1.807, 2.05) is 4.98 Å². The van der Waals surface area contributed by atoms with Crippen molar-refractivity contribution in [3.63, 3.8) is 0 Å². The molecular weight excluding hydrogens is 252 g/mol. The number of rotatable bonds is 1. The lowest BCUT2D eigenvalue weighted by Crippen LogP contribution is -2.06. The van der Waals surface area contributed by atoms with E-state index in [0.717, 1.165) is 0 Å². The normalized spacial score (nSPS) is 10.4. The highest BCUT2D eigenvalue weighted by Gasteiger charge is 2.09. The van der Waals surface area contributed by atoms with Gasteiger partial charge in [-0.2, -0.15) is 4.39 Å². The van der Waals surface area contributed by atoms with Crippen molar-refractivity contribution in [2.75, 3.05) is 0 Å². The molecule has 16 heavy (non-hydrogen) atoms. The summed E-state index contributed by atoms with van der Waals surface area (Å²) in [6.45, 7) is 0. The van der Waals surface area contributed by atoms with Crippen LogP contribution in [0.15, 0.2) is 35.1 Å². The molecule has 1 N–H and O–H groups in total. The Balaban J connectivity index is 2.72. The number of benzene rings is 1.